The molecule has 2 heterocycles. The highest BCUT2D eigenvalue weighted by Crippen LogP contribution is 2.49. The lowest BCUT2D eigenvalue weighted by Crippen LogP contribution is -2.48. The summed E-state index contributed by atoms with van der Waals surface area (Å²) in [5.74, 6) is -1.59. The molecule has 174 valence electrons. The zero-order chi connectivity index (χ0) is 24.0. The third-order valence-electron chi connectivity index (χ3n) is 5.19. The fraction of sp³-hybridized carbons (Fsp3) is 0.300. The number of pyridine rings is 1. The predicted molar refractivity (Wildman–Crippen MR) is 103 cm³/mol. The van der Waals surface area contributed by atoms with E-state index in [1.54, 1.807) is 0 Å². The molecule has 1 aliphatic rings. The molecular weight excluding hydrogens is 456 g/mol. The summed E-state index contributed by atoms with van der Waals surface area (Å²) in [5.41, 5.74) is -3.00. The van der Waals surface area contributed by atoms with Crippen LogP contribution in [0.4, 0.5) is 32.0 Å². The van der Waals surface area contributed by atoms with Crippen LogP contribution >= 0.6 is 0 Å². The van der Waals surface area contributed by atoms with Crippen LogP contribution in [0.15, 0.2) is 36.5 Å². The molecule has 0 bridgehead atoms. The summed E-state index contributed by atoms with van der Waals surface area (Å²) in [7, 11) is 0. The summed E-state index contributed by atoms with van der Waals surface area (Å²) in [4.78, 5) is 28.3. The minimum absolute atomic E-state index is 0.0363. The van der Waals surface area contributed by atoms with E-state index in [0.29, 0.717) is 5.56 Å². The molecule has 1 aromatic carbocycles. The fourth-order valence-electron chi connectivity index (χ4n) is 3.29. The van der Waals surface area contributed by atoms with E-state index in [4.69, 9.17) is 0 Å². The van der Waals surface area contributed by atoms with E-state index in [1.807, 2.05) is 10.4 Å². The number of aromatic amines is 1. The Hall–Kier alpha value is -3.64. The number of carbonyl (C=O) groups is 2. The van der Waals surface area contributed by atoms with Gasteiger partial charge in [0.05, 0.1) is 11.9 Å². The molecule has 0 saturated heterocycles. The molecule has 3 N–H and O–H groups in total. The van der Waals surface area contributed by atoms with Gasteiger partial charge >= 0.3 is 12.4 Å². The van der Waals surface area contributed by atoms with Crippen LogP contribution in [0.2, 0.25) is 0 Å². The van der Waals surface area contributed by atoms with Crippen molar-refractivity contribution in [2.75, 3.05) is 5.32 Å². The van der Waals surface area contributed by atoms with Crippen LogP contribution in [0.5, 0.6) is 0 Å². The predicted octanol–water partition coefficient (Wildman–Crippen LogP) is 3.98. The van der Waals surface area contributed by atoms with Crippen molar-refractivity contribution in [3.05, 3.63) is 53.5 Å². The van der Waals surface area contributed by atoms with Gasteiger partial charge in [0.15, 0.2) is 0 Å². The van der Waals surface area contributed by atoms with Gasteiger partial charge in [-0.2, -0.15) is 31.4 Å². The number of carbonyl (C=O) groups excluding carboxylic acids is 2. The van der Waals surface area contributed by atoms with Crippen molar-refractivity contribution in [2.24, 2.45) is 0 Å². The van der Waals surface area contributed by atoms with E-state index in [0.717, 1.165) is 12.3 Å². The number of aromatic nitrogens is 3. The van der Waals surface area contributed by atoms with Gasteiger partial charge in [-0.05, 0) is 36.6 Å². The molecule has 1 aliphatic carbocycles. The number of alkyl halides is 6. The van der Waals surface area contributed by atoms with Gasteiger partial charge in [0.2, 0.25) is 5.91 Å². The smallest absolute Gasteiger partial charge is 0.336 e. The zero-order valence-electron chi connectivity index (χ0n) is 16.6. The van der Waals surface area contributed by atoms with E-state index in [-0.39, 0.29) is 41.5 Å². The molecule has 13 heteroatoms. The average Bonchev–Trinajstić information content (AvgIpc) is 3.37. The molecule has 33 heavy (non-hydrogen) atoms. The van der Waals surface area contributed by atoms with Crippen molar-refractivity contribution < 1.29 is 35.9 Å². The largest absolute Gasteiger partial charge is 0.433 e. The Morgan fingerprint density at radius 3 is 2.42 bits per heavy atom. The Kier molecular flexibility index (Phi) is 5.29. The maximum Gasteiger partial charge on any atom is 0.433 e. The molecule has 2 amide bonds. The van der Waals surface area contributed by atoms with Gasteiger partial charge in [0.25, 0.3) is 5.91 Å². The molecule has 7 nitrogen and oxygen atoms in total. The number of fused-ring (bicyclic) bond motifs is 1. The maximum absolute atomic E-state index is 13.0. The highest BCUT2D eigenvalue weighted by molar-refractivity contribution is 5.97. The zero-order valence-corrected chi connectivity index (χ0v) is 16.6. The number of rotatable bonds is 5. The van der Waals surface area contributed by atoms with Crippen molar-refractivity contribution in [3.63, 3.8) is 0 Å². The number of halogens is 6. The number of hydrogen-bond acceptors (Lipinski definition) is 4. The van der Waals surface area contributed by atoms with Crippen molar-refractivity contribution >= 4 is 28.4 Å². The fourth-order valence-corrected chi connectivity index (χ4v) is 3.29. The lowest BCUT2D eigenvalue weighted by molar-refractivity contribution is -0.163. The van der Waals surface area contributed by atoms with Crippen LogP contribution in [0, 0.1) is 0 Å². The molecule has 0 spiro atoms. The first-order valence-electron chi connectivity index (χ1n) is 9.57. The Bertz CT molecular complexity index is 1230. The van der Waals surface area contributed by atoms with Gasteiger partial charge in [-0.25, -0.2) is 0 Å². The van der Waals surface area contributed by atoms with Gasteiger partial charge < -0.3 is 10.6 Å². The Balaban J connectivity index is 1.42. The molecule has 0 unspecified atom stereocenters. The molecule has 0 aliphatic heterocycles. The third kappa shape index (κ3) is 4.61. The second-order valence-corrected chi connectivity index (χ2v) is 7.64. The Morgan fingerprint density at radius 2 is 1.79 bits per heavy atom. The van der Waals surface area contributed by atoms with Gasteiger partial charge in [-0.3, -0.25) is 19.7 Å². The van der Waals surface area contributed by atoms with Crippen molar-refractivity contribution in [2.45, 2.75) is 37.2 Å². The number of amides is 2. The van der Waals surface area contributed by atoms with Crippen LogP contribution in [-0.2, 0) is 17.4 Å². The number of H-pyrrole nitrogens is 1. The van der Waals surface area contributed by atoms with Crippen LogP contribution in [0.3, 0.4) is 0 Å². The van der Waals surface area contributed by atoms with Gasteiger partial charge in [0.1, 0.15) is 16.9 Å². The minimum Gasteiger partial charge on any atom is -0.336 e. The van der Waals surface area contributed by atoms with E-state index >= 15 is 0 Å². The maximum atomic E-state index is 13.0. The summed E-state index contributed by atoms with van der Waals surface area (Å²) >= 11 is 0. The molecule has 1 fully saturated rings. The van der Waals surface area contributed by atoms with Crippen LogP contribution in [0.25, 0.3) is 10.9 Å². The van der Waals surface area contributed by atoms with Crippen molar-refractivity contribution in [3.8, 4) is 0 Å². The number of benzene rings is 1. The first kappa shape index (κ1) is 22.6. The molecule has 3 aromatic rings. The number of hydrogen-bond donors (Lipinski definition) is 3. The lowest BCUT2D eigenvalue weighted by Gasteiger charge is -2.20. The topological polar surface area (TPSA) is 99.8 Å². The third-order valence-corrected chi connectivity index (χ3v) is 5.19. The summed E-state index contributed by atoms with van der Waals surface area (Å²) in [6, 6.07) is 6.36. The van der Waals surface area contributed by atoms with Crippen LogP contribution in [-0.4, -0.2) is 38.7 Å². The second-order valence-electron chi connectivity index (χ2n) is 7.64. The van der Waals surface area contributed by atoms with E-state index in [1.165, 1.54) is 24.3 Å². The monoisotopic (exact) mass is 471 g/mol. The van der Waals surface area contributed by atoms with E-state index < -0.39 is 35.4 Å². The number of nitrogens with one attached hydrogen (secondary N) is 3. The quantitative estimate of drug-likeness (QED) is 0.490. The first-order valence-corrected chi connectivity index (χ1v) is 9.57. The van der Waals surface area contributed by atoms with Gasteiger partial charge in [-0.1, -0.05) is 12.1 Å². The average molecular weight is 471 g/mol. The Labute approximate surface area is 181 Å². The van der Waals surface area contributed by atoms with Crippen molar-refractivity contribution in [1.29, 1.82) is 0 Å². The lowest BCUT2D eigenvalue weighted by atomic mass is 10.1. The van der Waals surface area contributed by atoms with E-state index in [2.05, 4.69) is 15.4 Å². The Morgan fingerprint density at radius 1 is 1.06 bits per heavy atom. The SMILES string of the molecule is O=C(Cc1ccc2c(C(F)(F)F)[nH]nc2c1)Nc1ccnc(C(=O)NC2(C(F)(F)F)CC2)c1. The van der Waals surface area contributed by atoms with Crippen LogP contribution < -0.4 is 10.6 Å². The number of nitrogens with zero attached hydrogens (tertiary/aromatic N) is 2. The highest BCUT2D eigenvalue weighted by atomic mass is 19.4. The van der Waals surface area contributed by atoms with Gasteiger partial charge in [0, 0.05) is 17.3 Å². The minimum atomic E-state index is -4.60. The molecule has 0 atom stereocenters. The molecule has 1 saturated carbocycles. The van der Waals surface area contributed by atoms with Gasteiger partial charge in [-0.15, -0.1) is 0 Å². The molecular formula is C20H15F6N5O2. The number of anilines is 1. The molecule has 2 aromatic heterocycles. The summed E-state index contributed by atoms with van der Waals surface area (Å²) in [6.45, 7) is 0. The van der Waals surface area contributed by atoms with Crippen LogP contribution in [0.1, 0.15) is 34.6 Å². The summed E-state index contributed by atoms with van der Waals surface area (Å²) in [5, 5.41) is 9.83. The highest BCUT2D eigenvalue weighted by Gasteiger charge is 2.64. The first-order chi connectivity index (χ1) is 15.4. The normalized spacial score (nSPS) is 15.3. The van der Waals surface area contributed by atoms with Crippen molar-refractivity contribution in [1.82, 2.24) is 20.5 Å². The summed E-state index contributed by atoms with van der Waals surface area (Å²) in [6.07, 6.45) is -8.67. The summed E-state index contributed by atoms with van der Waals surface area (Å²) < 4.78 is 77.9. The standard InChI is InChI=1S/C20H15F6N5O2/c21-19(22,23)16-12-2-1-10(7-13(12)30-31-16)8-15(32)28-11-3-6-27-14(9-11)17(33)29-18(4-5-18)20(24,25)26/h1-3,6-7,9H,4-5,8H2,(H,29,33)(H,30,31)(H,27,28,32). The second kappa shape index (κ2) is 7.74. The molecule has 4 rings (SSSR count). The molecule has 0 radical (unpaired) electrons. The van der Waals surface area contributed by atoms with E-state index in [9.17, 15) is 35.9 Å².